The van der Waals surface area contributed by atoms with E-state index in [0.29, 0.717) is 0 Å². The molecule has 1 aromatic rings. The molecule has 0 saturated carbocycles. The van der Waals surface area contributed by atoms with Crippen molar-refractivity contribution in [2.45, 2.75) is 12.8 Å². The topological polar surface area (TPSA) is 103 Å². The number of hydrogen-bond donors (Lipinski definition) is 1. The van der Waals surface area contributed by atoms with E-state index in [-0.39, 0.29) is 3.70 Å². The van der Waals surface area contributed by atoms with Gasteiger partial charge in [0.05, 0.1) is 11.3 Å². The molecule has 0 amide bonds. The van der Waals surface area contributed by atoms with Gasteiger partial charge in [0, 0.05) is 5.56 Å². The highest BCUT2D eigenvalue weighted by atomic mass is 127. The second-order valence-corrected chi connectivity index (χ2v) is 4.24. The van der Waals surface area contributed by atoms with E-state index in [4.69, 9.17) is 5.11 Å². The van der Waals surface area contributed by atoms with Crippen molar-refractivity contribution in [3.8, 4) is 5.88 Å². The molecule has 11 heteroatoms. The van der Waals surface area contributed by atoms with E-state index < -0.39 is 40.8 Å². The first-order valence-electron chi connectivity index (χ1n) is 4.41. The quantitative estimate of drug-likeness (QED) is 0.365. The zero-order chi connectivity index (χ0) is 14.8. The van der Waals surface area contributed by atoms with Gasteiger partial charge in [0.15, 0.2) is 0 Å². The molecule has 1 rings (SSSR count). The van der Waals surface area contributed by atoms with Gasteiger partial charge < -0.3 is 9.84 Å². The lowest BCUT2D eigenvalue weighted by atomic mass is 10.1. The Bertz CT molecular complexity index is 534. The van der Waals surface area contributed by atoms with Gasteiger partial charge >= 0.3 is 23.9 Å². The summed E-state index contributed by atoms with van der Waals surface area (Å²) in [6.45, 7) is 0. The summed E-state index contributed by atoms with van der Waals surface area (Å²) in [6.07, 6.45) is -5.98. The molecule has 0 radical (unpaired) electrons. The molecule has 104 valence electrons. The lowest BCUT2D eigenvalue weighted by Gasteiger charge is -2.10. The van der Waals surface area contributed by atoms with Crippen LogP contribution in [0.25, 0.3) is 0 Å². The molecule has 0 spiro atoms. The van der Waals surface area contributed by atoms with E-state index in [1.54, 1.807) is 0 Å². The van der Waals surface area contributed by atoms with Gasteiger partial charge in [0.2, 0.25) is 0 Å². The van der Waals surface area contributed by atoms with E-state index >= 15 is 0 Å². The van der Waals surface area contributed by atoms with Gasteiger partial charge in [-0.1, -0.05) is 0 Å². The predicted octanol–water partition coefficient (Wildman–Crippen LogP) is 2.12. The Balaban J connectivity index is 3.39. The Morgan fingerprint density at radius 1 is 1.58 bits per heavy atom. The molecular weight excluding hydrogens is 388 g/mol. The molecular formula is C8H4F3IN2O5. The van der Waals surface area contributed by atoms with E-state index in [0.717, 1.165) is 6.07 Å². The molecule has 0 unspecified atom stereocenters. The number of rotatable bonds is 4. The highest BCUT2D eigenvalue weighted by molar-refractivity contribution is 14.1. The van der Waals surface area contributed by atoms with Crippen molar-refractivity contribution < 1.29 is 32.7 Å². The van der Waals surface area contributed by atoms with Crippen molar-refractivity contribution in [1.82, 2.24) is 4.98 Å². The Kier molecular flexibility index (Phi) is 4.49. The minimum Gasteiger partial charge on any atom is -0.481 e. The Labute approximate surface area is 116 Å². The average Bonchev–Trinajstić information content (AvgIpc) is 2.10. The van der Waals surface area contributed by atoms with Crippen LogP contribution in [0.4, 0.5) is 18.9 Å². The average molecular weight is 392 g/mol. The van der Waals surface area contributed by atoms with Gasteiger partial charge in [0.1, 0.15) is 3.70 Å². The summed E-state index contributed by atoms with van der Waals surface area (Å²) in [7, 11) is 0. The Hall–Kier alpha value is -1.66. The van der Waals surface area contributed by atoms with E-state index in [2.05, 4.69) is 9.72 Å². The molecule has 0 fully saturated rings. The third-order valence-corrected chi connectivity index (χ3v) is 2.30. The number of carboxylic acid groups (broad SMARTS) is 1. The normalized spacial score (nSPS) is 11.2. The first-order chi connectivity index (χ1) is 8.60. The predicted molar refractivity (Wildman–Crippen MR) is 61.6 cm³/mol. The molecule has 0 aliphatic carbocycles. The van der Waals surface area contributed by atoms with E-state index in [9.17, 15) is 28.1 Å². The fourth-order valence-electron chi connectivity index (χ4n) is 1.21. The largest absolute Gasteiger partial charge is 0.574 e. The molecule has 0 aliphatic heterocycles. The molecule has 19 heavy (non-hydrogen) atoms. The van der Waals surface area contributed by atoms with Crippen LogP contribution in [-0.4, -0.2) is 27.3 Å². The van der Waals surface area contributed by atoms with Crippen molar-refractivity contribution in [3.05, 3.63) is 25.4 Å². The van der Waals surface area contributed by atoms with Crippen LogP contribution < -0.4 is 4.74 Å². The minimum absolute atomic E-state index is 0.0568. The van der Waals surface area contributed by atoms with Crippen molar-refractivity contribution in [3.63, 3.8) is 0 Å². The number of halogens is 4. The number of aliphatic carboxylic acids is 1. The molecule has 0 bridgehead atoms. The standard InChI is InChI=1S/C8H4F3IN2O5/c9-8(10,11)19-7-6(14(17)18)3(2-5(15)16)1-4(12)13-7/h1H,2H2,(H,15,16). The number of carbonyl (C=O) groups is 1. The molecule has 1 N–H and O–H groups in total. The van der Waals surface area contributed by atoms with Gasteiger partial charge in [-0.05, 0) is 28.7 Å². The van der Waals surface area contributed by atoms with E-state index in [1.165, 1.54) is 22.6 Å². The number of nitro groups is 1. The summed E-state index contributed by atoms with van der Waals surface area (Å²) in [5.41, 5.74) is -1.53. The van der Waals surface area contributed by atoms with Gasteiger partial charge in [-0.15, -0.1) is 13.2 Å². The van der Waals surface area contributed by atoms with Crippen molar-refractivity contribution in [2.75, 3.05) is 0 Å². The zero-order valence-corrected chi connectivity index (χ0v) is 10.9. The second-order valence-electron chi connectivity index (χ2n) is 3.13. The maximum Gasteiger partial charge on any atom is 0.574 e. The van der Waals surface area contributed by atoms with Crippen molar-refractivity contribution in [1.29, 1.82) is 0 Å². The molecule has 1 heterocycles. The first kappa shape index (κ1) is 15.4. The van der Waals surface area contributed by atoms with Crippen LogP contribution in [0.5, 0.6) is 5.88 Å². The minimum atomic E-state index is -5.16. The van der Waals surface area contributed by atoms with Crippen molar-refractivity contribution in [2.24, 2.45) is 0 Å². The zero-order valence-electron chi connectivity index (χ0n) is 8.77. The molecule has 1 aromatic heterocycles. The van der Waals surface area contributed by atoms with Gasteiger partial charge in [-0.2, -0.15) is 0 Å². The fraction of sp³-hybridized carbons (Fsp3) is 0.250. The number of hydrogen-bond acceptors (Lipinski definition) is 5. The number of alkyl halides is 3. The Morgan fingerprint density at radius 3 is 2.58 bits per heavy atom. The summed E-state index contributed by atoms with van der Waals surface area (Å²) >= 11 is 1.50. The van der Waals surface area contributed by atoms with Crippen LogP contribution in [0.15, 0.2) is 6.07 Å². The lowest BCUT2D eigenvalue weighted by molar-refractivity contribution is -0.389. The summed E-state index contributed by atoms with van der Waals surface area (Å²) < 4.78 is 39.7. The SMILES string of the molecule is O=C(O)Cc1cc(I)nc(OC(F)(F)F)c1[N+](=O)[O-]. The number of aromatic nitrogens is 1. The summed E-state index contributed by atoms with van der Waals surface area (Å²) in [5, 5.41) is 19.3. The molecule has 0 saturated heterocycles. The van der Waals surface area contributed by atoms with Gasteiger partial charge in [0.25, 0.3) is 0 Å². The first-order valence-corrected chi connectivity index (χ1v) is 5.49. The lowest BCUT2D eigenvalue weighted by Crippen LogP contribution is -2.20. The van der Waals surface area contributed by atoms with E-state index in [1.807, 2.05) is 0 Å². The molecule has 0 aromatic carbocycles. The maximum atomic E-state index is 12.1. The third-order valence-electron chi connectivity index (χ3n) is 1.75. The number of nitrogens with zero attached hydrogens (tertiary/aromatic N) is 2. The van der Waals surface area contributed by atoms with Crippen molar-refractivity contribution >= 4 is 34.2 Å². The van der Waals surface area contributed by atoms with Crippen LogP contribution in [-0.2, 0) is 11.2 Å². The monoisotopic (exact) mass is 392 g/mol. The number of carboxylic acids is 1. The number of pyridine rings is 1. The fourth-order valence-corrected chi connectivity index (χ4v) is 1.80. The van der Waals surface area contributed by atoms with Gasteiger partial charge in [-0.3, -0.25) is 14.9 Å². The second kappa shape index (κ2) is 5.54. The van der Waals surface area contributed by atoms with Crippen LogP contribution in [0.1, 0.15) is 5.56 Å². The van der Waals surface area contributed by atoms with Crippen LogP contribution in [0.2, 0.25) is 0 Å². The van der Waals surface area contributed by atoms with Crippen LogP contribution in [0.3, 0.4) is 0 Å². The summed E-state index contributed by atoms with van der Waals surface area (Å²) in [6, 6.07) is 1.01. The summed E-state index contributed by atoms with van der Waals surface area (Å²) in [5.74, 6) is -2.70. The van der Waals surface area contributed by atoms with Crippen LogP contribution in [0, 0.1) is 13.8 Å². The van der Waals surface area contributed by atoms with Gasteiger partial charge in [-0.25, -0.2) is 4.98 Å². The molecule has 0 atom stereocenters. The summed E-state index contributed by atoms with van der Waals surface area (Å²) in [4.78, 5) is 23.4. The molecule has 0 aliphatic rings. The molecule has 7 nitrogen and oxygen atoms in total. The Morgan fingerprint density at radius 2 is 2.16 bits per heavy atom. The maximum absolute atomic E-state index is 12.1. The highest BCUT2D eigenvalue weighted by Crippen LogP contribution is 2.34. The van der Waals surface area contributed by atoms with Crippen LogP contribution >= 0.6 is 22.6 Å². The third kappa shape index (κ3) is 4.50. The number of ether oxygens (including phenoxy) is 1. The highest BCUT2D eigenvalue weighted by Gasteiger charge is 2.37. The smallest absolute Gasteiger partial charge is 0.481 e.